The molecular formula is C20H23N3O4. The number of rotatable bonds is 5. The molecule has 3 amide bonds. The summed E-state index contributed by atoms with van der Waals surface area (Å²) in [4.78, 5) is 26.5. The highest BCUT2D eigenvalue weighted by atomic mass is 16.5. The van der Waals surface area contributed by atoms with Gasteiger partial charge in [0.2, 0.25) is 5.91 Å². The molecule has 1 saturated heterocycles. The molecule has 2 aromatic rings. The molecule has 0 radical (unpaired) electrons. The number of methoxy groups -OCH3 is 1. The van der Waals surface area contributed by atoms with E-state index in [2.05, 4.69) is 10.6 Å². The Hall–Kier alpha value is -3.06. The number of carbonyl (C=O) groups excluding carboxylic acids is 2. The lowest BCUT2D eigenvalue weighted by Gasteiger charge is -2.24. The molecule has 0 aromatic heterocycles. The number of anilines is 1. The summed E-state index contributed by atoms with van der Waals surface area (Å²) in [6.45, 7) is 0.461. The van der Waals surface area contributed by atoms with Crippen molar-refractivity contribution in [1.82, 2.24) is 10.2 Å². The van der Waals surface area contributed by atoms with Gasteiger partial charge in [-0.1, -0.05) is 30.3 Å². The van der Waals surface area contributed by atoms with Gasteiger partial charge in [0.1, 0.15) is 11.8 Å². The van der Waals surface area contributed by atoms with Crippen molar-refractivity contribution in [3.05, 3.63) is 60.2 Å². The molecule has 0 saturated carbocycles. The Morgan fingerprint density at radius 3 is 2.52 bits per heavy atom. The Bertz CT molecular complexity index is 780. The van der Waals surface area contributed by atoms with Crippen LogP contribution in [0.3, 0.4) is 0 Å². The van der Waals surface area contributed by atoms with E-state index >= 15 is 0 Å². The first-order valence-electron chi connectivity index (χ1n) is 8.78. The first kappa shape index (κ1) is 18.7. The Kier molecular flexibility index (Phi) is 5.93. The molecule has 2 aromatic carbocycles. The normalized spacial score (nSPS) is 18.8. The fourth-order valence-corrected chi connectivity index (χ4v) is 3.05. The van der Waals surface area contributed by atoms with Crippen LogP contribution in [-0.2, 0) is 11.3 Å². The number of β-amino-alcohol motifs (C(OH)–C–C–N with tert-alkyl or cyclic N) is 1. The van der Waals surface area contributed by atoms with Crippen molar-refractivity contribution >= 4 is 17.6 Å². The van der Waals surface area contributed by atoms with E-state index in [0.717, 1.165) is 11.3 Å². The summed E-state index contributed by atoms with van der Waals surface area (Å²) in [6, 6.07) is 15.3. The molecule has 1 fully saturated rings. The average molecular weight is 369 g/mol. The second-order valence-electron chi connectivity index (χ2n) is 6.42. The van der Waals surface area contributed by atoms with Crippen molar-refractivity contribution in [2.24, 2.45) is 0 Å². The van der Waals surface area contributed by atoms with E-state index in [0.29, 0.717) is 12.2 Å². The number of ether oxygens (including phenoxy) is 1. The van der Waals surface area contributed by atoms with E-state index in [1.54, 1.807) is 19.2 Å². The van der Waals surface area contributed by atoms with Gasteiger partial charge in [0.15, 0.2) is 0 Å². The van der Waals surface area contributed by atoms with Gasteiger partial charge in [-0.3, -0.25) is 4.79 Å². The first-order valence-corrected chi connectivity index (χ1v) is 8.78. The van der Waals surface area contributed by atoms with Crippen LogP contribution in [0.5, 0.6) is 5.75 Å². The molecule has 27 heavy (non-hydrogen) atoms. The van der Waals surface area contributed by atoms with Gasteiger partial charge in [0.25, 0.3) is 0 Å². The van der Waals surface area contributed by atoms with E-state index in [-0.39, 0.29) is 18.9 Å². The van der Waals surface area contributed by atoms with Crippen molar-refractivity contribution in [3.63, 3.8) is 0 Å². The summed E-state index contributed by atoms with van der Waals surface area (Å²) < 4.78 is 5.11. The van der Waals surface area contributed by atoms with Crippen LogP contribution in [0.2, 0.25) is 0 Å². The molecule has 3 rings (SSSR count). The Morgan fingerprint density at radius 2 is 1.85 bits per heavy atom. The van der Waals surface area contributed by atoms with Crippen LogP contribution in [0.15, 0.2) is 54.6 Å². The summed E-state index contributed by atoms with van der Waals surface area (Å²) >= 11 is 0. The fraction of sp³-hybridized carbons (Fsp3) is 0.300. The molecule has 0 spiro atoms. The van der Waals surface area contributed by atoms with Crippen LogP contribution in [0.25, 0.3) is 0 Å². The van der Waals surface area contributed by atoms with Crippen LogP contribution in [0, 0.1) is 0 Å². The van der Waals surface area contributed by atoms with Crippen molar-refractivity contribution in [3.8, 4) is 5.75 Å². The number of benzene rings is 2. The van der Waals surface area contributed by atoms with Gasteiger partial charge in [-0.15, -0.1) is 0 Å². The number of aliphatic hydroxyl groups is 1. The zero-order chi connectivity index (χ0) is 19.2. The first-order chi connectivity index (χ1) is 13.1. The van der Waals surface area contributed by atoms with E-state index < -0.39 is 18.2 Å². The minimum absolute atomic E-state index is 0.124. The number of carbonyl (C=O) groups is 2. The Balaban J connectivity index is 1.60. The number of amides is 3. The fourth-order valence-electron chi connectivity index (χ4n) is 3.05. The number of nitrogens with one attached hydrogen (secondary N) is 2. The monoisotopic (exact) mass is 369 g/mol. The lowest BCUT2D eigenvalue weighted by molar-refractivity contribution is -0.124. The maximum atomic E-state index is 12.6. The van der Waals surface area contributed by atoms with Crippen LogP contribution >= 0.6 is 0 Å². The summed E-state index contributed by atoms with van der Waals surface area (Å²) in [5.74, 6) is 0.457. The number of aliphatic hydroxyl groups excluding tert-OH is 1. The highest BCUT2D eigenvalue weighted by Crippen LogP contribution is 2.20. The molecule has 1 heterocycles. The predicted molar refractivity (Wildman–Crippen MR) is 101 cm³/mol. The minimum Gasteiger partial charge on any atom is -0.497 e. The smallest absolute Gasteiger partial charge is 0.322 e. The van der Waals surface area contributed by atoms with Crippen molar-refractivity contribution in [1.29, 1.82) is 0 Å². The summed E-state index contributed by atoms with van der Waals surface area (Å²) in [6.07, 6.45) is -0.500. The zero-order valence-electron chi connectivity index (χ0n) is 15.1. The lowest BCUT2D eigenvalue weighted by atomic mass is 10.1. The third-order valence-corrected chi connectivity index (χ3v) is 4.49. The zero-order valence-corrected chi connectivity index (χ0v) is 15.1. The third-order valence-electron chi connectivity index (χ3n) is 4.49. The largest absolute Gasteiger partial charge is 0.497 e. The molecule has 3 N–H and O–H groups in total. The van der Waals surface area contributed by atoms with Crippen molar-refractivity contribution < 1.29 is 19.4 Å². The Morgan fingerprint density at radius 1 is 1.15 bits per heavy atom. The van der Waals surface area contributed by atoms with Gasteiger partial charge in [-0.25, -0.2) is 4.79 Å². The topological polar surface area (TPSA) is 90.9 Å². The highest BCUT2D eigenvalue weighted by molar-refractivity contribution is 5.94. The quantitative estimate of drug-likeness (QED) is 0.752. The molecule has 0 bridgehead atoms. The van der Waals surface area contributed by atoms with Gasteiger partial charge in [-0.2, -0.15) is 0 Å². The Labute approximate surface area is 157 Å². The molecule has 1 aliphatic heterocycles. The van der Waals surface area contributed by atoms with Crippen LogP contribution in [0.1, 0.15) is 12.0 Å². The average Bonchev–Trinajstić information content (AvgIpc) is 3.09. The molecular weight excluding hydrogens is 346 g/mol. The number of nitrogens with zero attached hydrogens (tertiary/aromatic N) is 1. The summed E-state index contributed by atoms with van der Waals surface area (Å²) in [5.41, 5.74) is 1.56. The summed E-state index contributed by atoms with van der Waals surface area (Å²) in [7, 11) is 1.59. The molecule has 142 valence electrons. The van der Waals surface area contributed by atoms with Crippen LogP contribution in [-0.4, -0.2) is 47.7 Å². The molecule has 7 nitrogen and oxygen atoms in total. The van der Waals surface area contributed by atoms with Gasteiger partial charge < -0.3 is 25.4 Å². The van der Waals surface area contributed by atoms with Gasteiger partial charge in [0, 0.05) is 25.2 Å². The SMILES string of the molecule is COc1ccc(CNC(=O)[C@H]2C[C@H](O)CN2C(=O)Nc2ccccc2)cc1. The summed E-state index contributed by atoms with van der Waals surface area (Å²) in [5, 5.41) is 15.6. The number of para-hydroxylation sites is 1. The maximum absolute atomic E-state index is 12.6. The molecule has 1 aliphatic rings. The standard InChI is InChI=1S/C20H23N3O4/c1-27-17-9-7-14(8-10-17)12-21-19(25)18-11-16(24)13-23(18)20(26)22-15-5-3-2-4-6-15/h2-10,16,18,24H,11-13H2,1H3,(H,21,25)(H,22,26)/t16-,18+/m0/s1. The third kappa shape index (κ3) is 4.77. The van der Waals surface area contributed by atoms with E-state index in [1.165, 1.54) is 4.90 Å². The van der Waals surface area contributed by atoms with E-state index in [9.17, 15) is 14.7 Å². The second-order valence-corrected chi connectivity index (χ2v) is 6.42. The molecule has 0 unspecified atom stereocenters. The number of hydrogen-bond acceptors (Lipinski definition) is 4. The van der Waals surface area contributed by atoms with E-state index in [4.69, 9.17) is 4.74 Å². The van der Waals surface area contributed by atoms with E-state index in [1.807, 2.05) is 42.5 Å². The highest BCUT2D eigenvalue weighted by Gasteiger charge is 2.38. The van der Waals surface area contributed by atoms with Crippen molar-refractivity contribution in [2.45, 2.75) is 25.1 Å². The second kappa shape index (κ2) is 8.55. The van der Waals surface area contributed by atoms with Crippen LogP contribution in [0.4, 0.5) is 10.5 Å². The number of likely N-dealkylation sites (tertiary alicyclic amines) is 1. The van der Waals surface area contributed by atoms with Gasteiger partial charge in [-0.05, 0) is 29.8 Å². The molecule has 7 heteroatoms. The molecule has 0 aliphatic carbocycles. The minimum atomic E-state index is -0.719. The maximum Gasteiger partial charge on any atom is 0.322 e. The predicted octanol–water partition coefficient (Wildman–Crippen LogP) is 1.98. The van der Waals surface area contributed by atoms with Crippen molar-refractivity contribution in [2.75, 3.05) is 19.0 Å². The van der Waals surface area contributed by atoms with Crippen LogP contribution < -0.4 is 15.4 Å². The van der Waals surface area contributed by atoms with Gasteiger partial charge >= 0.3 is 6.03 Å². The lowest BCUT2D eigenvalue weighted by Crippen LogP contribution is -2.47. The van der Waals surface area contributed by atoms with Gasteiger partial charge in [0.05, 0.1) is 13.2 Å². The number of urea groups is 1. The molecule has 2 atom stereocenters. The number of hydrogen-bond donors (Lipinski definition) is 3.